The molecule has 1 saturated heterocycles. The van der Waals surface area contributed by atoms with Crippen LogP contribution in [-0.4, -0.2) is 57.3 Å². The second-order valence-corrected chi connectivity index (χ2v) is 8.40. The minimum absolute atomic E-state index is 0.119. The first-order valence-electron chi connectivity index (χ1n) is 10.5. The molecule has 2 fully saturated rings. The van der Waals surface area contributed by atoms with Crippen LogP contribution in [0, 0.1) is 6.92 Å². The van der Waals surface area contributed by atoms with Gasteiger partial charge in [0.2, 0.25) is 0 Å². The molecule has 2 unspecified atom stereocenters. The Labute approximate surface area is 174 Å². The van der Waals surface area contributed by atoms with Crippen molar-refractivity contribution in [3.8, 4) is 11.8 Å². The van der Waals surface area contributed by atoms with Gasteiger partial charge in [0.05, 0.1) is 30.6 Å². The monoisotopic (exact) mass is 411 g/mol. The number of rotatable bonds is 4. The highest BCUT2D eigenvalue weighted by Crippen LogP contribution is 2.37. The molecule has 2 atom stereocenters. The van der Waals surface area contributed by atoms with Crippen LogP contribution in [0.1, 0.15) is 47.9 Å². The molecular weight excluding hydrogens is 385 g/mol. The van der Waals surface area contributed by atoms with Gasteiger partial charge < -0.3 is 15.2 Å². The number of aliphatic hydroxyl groups excluding tert-OH is 1. The van der Waals surface area contributed by atoms with Crippen LogP contribution < -0.4 is 10.1 Å². The summed E-state index contributed by atoms with van der Waals surface area (Å²) in [5.41, 5.74) is 3.85. The Morgan fingerprint density at radius 1 is 1.23 bits per heavy atom. The molecular formula is C22H26FN5O2. The maximum atomic E-state index is 14.6. The maximum absolute atomic E-state index is 14.6. The van der Waals surface area contributed by atoms with Crippen molar-refractivity contribution in [2.75, 3.05) is 20.2 Å². The zero-order valence-electron chi connectivity index (χ0n) is 17.2. The number of fused-ring (bicyclic) bond motifs is 1. The van der Waals surface area contributed by atoms with Gasteiger partial charge in [-0.25, -0.2) is 9.07 Å². The van der Waals surface area contributed by atoms with E-state index in [-0.39, 0.29) is 24.0 Å². The van der Waals surface area contributed by atoms with E-state index < -0.39 is 6.17 Å². The zero-order chi connectivity index (χ0) is 20.8. The largest absolute Gasteiger partial charge is 0.467 e. The van der Waals surface area contributed by atoms with Crippen molar-refractivity contribution in [2.24, 2.45) is 0 Å². The number of halogens is 1. The molecule has 3 heterocycles. The van der Waals surface area contributed by atoms with Gasteiger partial charge in [-0.3, -0.25) is 0 Å². The van der Waals surface area contributed by atoms with Gasteiger partial charge in [0.15, 0.2) is 5.82 Å². The minimum Gasteiger partial charge on any atom is -0.467 e. The number of methoxy groups -OCH3 is 1. The number of aromatic nitrogens is 4. The summed E-state index contributed by atoms with van der Waals surface area (Å²) in [5.74, 6) is 0.688. The summed E-state index contributed by atoms with van der Waals surface area (Å²) < 4.78 is 21.7. The molecule has 7 nitrogen and oxygen atoms in total. The fraction of sp³-hybridized carbons (Fsp3) is 0.500. The Morgan fingerprint density at radius 2 is 2.07 bits per heavy atom. The lowest BCUT2D eigenvalue weighted by Crippen LogP contribution is -2.36. The normalized spacial score (nSPS) is 26.5. The molecule has 2 aliphatic rings. The van der Waals surface area contributed by atoms with Crippen molar-refractivity contribution >= 4 is 10.9 Å². The van der Waals surface area contributed by atoms with Gasteiger partial charge in [-0.1, -0.05) is 0 Å². The lowest BCUT2D eigenvalue weighted by Gasteiger charge is -2.31. The molecule has 2 aromatic heterocycles. The van der Waals surface area contributed by atoms with Crippen LogP contribution in [0.3, 0.4) is 0 Å². The number of nitrogens with zero attached hydrogens (tertiary/aromatic N) is 4. The van der Waals surface area contributed by atoms with Gasteiger partial charge in [-0.05, 0) is 56.0 Å². The number of aliphatic hydroxyl groups is 1. The number of piperidine rings is 1. The van der Waals surface area contributed by atoms with Gasteiger partial charge in [-0.2, -0.15) is 15.1 Å². The summed E-state index contributed by atoms with van der Waals surface area (Å²) >= 11 is 0. The maximum Gasteiger partial charge on any atom is 0.318 e. The van der Waals surface area contributed by atoms with Crippen LogP contribution in [0.4, 0.5) is 4.39 Å². The summed E-state index contributed by atoms with van der Waals surface area (Å²) in [6.45, 7) is 3.25. The van der Waals surface area contributed by atoms with Crippen LogP contribution >= 0.6 is 0 Å². The molecule has 1 aliphatic carbocycles. The van der Waals surface area contributed by atoms with E-state index in [9.17, 15) is 9.50 Å². The van der Waals surface area contributed by atoms with Gasteiger partial charge in [0.25, 0.3) is 0 Å². The Hall–Kier alpha value is -2.58. The molecule has 0 bridgehead atoms. The number of hydrogen-bond donors (Lipinski definition) is 2. The fourth-order valence-corrected chi connectivity index (χ4v) is 4.63. The fourth-order valence-electron chi connectivity index (χ4n) is 4.63. The molecule has 0 spiro atoms. The first-order chi connectivity index (χ1) is 14.5. The van der Waals surface area contributed by atoms with Crippen molar-refractivity contribution in [2.45, 2.75) is 50.3 Å². The second kappa shape index (κ2) is 7.59. The first-order valence-corrected chi connectivity index (χ1v) is 10.5. The van der Waals surface area contributed by atoms with E-state index in [0.29, 0.717) is 25.2 Å². The van der Waals surface area contributed by atoms with Crippen LogP contribution in [0.2, 0.25) is 0 Å². The third-order valence-corrected chi connectivity index (χ3v) is 6.41. The van der Waals surface area contributed by atoms with E-state index in [1.807, 2.05) is 19.2 Å². The summed E-state index contributed by atoms with van der Waals surface area (Å²) in [6.07, 6.45) is 2.79. The molecule has 0 amide bonds. The number of alkyl halides is 1. The SMILES string of the molecule is COc1nc(-n2ncc3cc(C)c(C4CCNCC4F)cc32)cc([C@H]2C[C@@H](O)C2)n1. The number of nitrogens with one attached hydrogen (secondary N) is 1. The standard InChI is InChI=1S/C22H26FN5O2/c1-12-5-14-10-25-28(20(14)8-17(12)16-3-4-24-11-18(16)23)21-9-19(13-6-15(29)7-13)26-22(27-21)30-2/h5,8-10,13,15-16,18,24,29H,3-4,6-7,11H2,1-2H3/t13-,15+,16?,18?. The molecule has 1 aliphatic heterocycles. The van der Waals surface area contributed by atoms with E-state index in [2.05, 4.69) is 32.5 Å². The Bertz CT molecular complexity index is 1080. The van der Waals surface area contributed by atoms with Crippen molar-refractivity contribution in [1.82, 2.24) is 25.1 Å². The quantitative estimate of drug-likeness (QED) is 0.687. The minimum atomic E-state index is -0.901. The van der Waals surface area contributed by atoms with Gasteiger partial charge in [0.1, 0.15) is 6.17 Å². The Kier molecular flexibility index (Phi) is 4.91. The summed E-state index contributed by atoms with van der Waals surface area (Å²) in [5, 5.41) is 18.3. The van der Waals surface area contributed by atoms with Crippen molar-refractivity contribution in [3.63, 3.8) is 0 Å². The first kappa shape index (κ1) is 19.4. The van der Waals surface area contributed by atoms with Crippen LogP contribution in [0.25, 0.3) is 16.7 Å². The molecule has 158 valence electrons. The Balaban J connectivity index is 1.59. The number of hydrogen-bond acceptors (Lipinski definition) is 6. The predicted octanol–water partition coefficient (Wildman–Crippen LogP) is 2.79. The van der Waals surface area contributed by atoms with Crippen molar-refractivity contribution in [1.29, 1.82) is 0 Å². The van der Waals surface area contributed by atoms with Crippen molar-refractivity contribution < 1.29 is 14.2 Å². The van der Waals surface area contributed by atoms with E-state index in [0.717, 1.165) is 40.7 Å². The molecule has 2 N–H and O–H groups in total. The number of ether oxygens (including phenoxy) is 1. The highest BCUT2D eigenvalue weighted by atomic mass is 19.1. The number of aryl methyl sites for hydroxylation is 1. The van der Waals surface area contributed by atoms with Gasteiger partial charge in [0, 0.05) is 29.8 Å². The average molecular weight is 411 g/mol. The molecule has 3 aromatic rings. The van der Waals surface area contributed by atoms with Crippen LogP contribution in [0.15, 0.2) is 24.4 Å². The van der Waals surface area contributed by atoms with E-state index in [1.165, 1.54) is 0 Å². The van der Waals surface area contributed by atoms with Crippen LogP contribution in [-0.2, 0) is 0 Å². The lowest BCUT2D eigenvalue weighted by atomic mass is 9.80. The summed E-state index contributed by atoms with van der Waals surface area (Å²) in [6, 6.07) is 6.32. The smallest absolute Gasteiger partial charge is 0.318 e. The second-order valence-electron chi connectivity index (χ2n) is 8.40. The molecule has 5 rings (SSSR count). The zero-order valence-corrected chi connectivity index (χ0v) is 17.2. The summed E-state index contributed by atoms with van der Waals surface area (Å²) in [7, 11) is 1.54. The molecule has 1 saturated carbocycles. The van der Waals surface area contributed by atoms with Crippen molar-refractivity contribution in [3.05, 3.63) is 41.2 Å². The van der Waals surface area contributed by atoms with Gasteiger partial charge in [-0.15, -0.1) is 0 Å². The average Bonchev–Trinajstić information content (AvgIpc) is 3.13. The van der Waals surface area contributed by atoms with E-state index in [1.54, 1.807) is 11.8 Å². The number of benzene rings is 1. The summed E-state index contributed by atoms with van der Waals surface area (Å²) in [4.78, 5) is 8.98. The molecule has 8 heteroatoms. The third kappa shape index (κ3) is 3.33. The van der Waals surface area contributed by atoms with E-state index in [4.69, 9.17) is 4.74 Å². The van der Waals surface area contributed by atoms with Gasteiger partial charge >= 0.3 is 6.01 Å². The Morgan fingerprint density at radius 3 is 2.80 bits per heavy atom. The predicted molar refractivity (Wildman–Crippen MR) is 111 cm³/mol. The topological polar surface area (TPSA) is 85.1 Å². The highest BCUT2D eigenvalue weighted by Gasteiger charge is 2.31. The molecule has 1 aromatic carbocycles. The lowest BCUT2D eigenvalue weighted by molar-refractivity contribution is 0.0729. The highest BCUT2D eigenvalue weighted by molar-refractivity contribution is 5.82. The van der Waals surface area contributed by atoms with Crippen LogP contribution in [0.5, 0.6) is 6.01 Å². The third-order valence-electron chi connectivity index (χ3n) is 6.41. The molecule has 0 radical (unpaired) electrons. The van der Waals surface area contributed by atoms with E-state index >= 15 is 0 Å². The molecule has 30 heavy (non-hydrogen) atoms.